The monoisotopic (exact) mass is 357 g/mol. The third-order valence-electron chi connectivity index (χ3n) is 3.59. The highest BCUT2D eigenvalue weighted by atomic mass is 32.2. The number of carbonyl (C=O) groups is 1. The number of amides is 1. The number of benzene rings is 1. The van der Waals surface area contributed by atoms with E-state index in [0.29, 0.717) is 21.2 Å². The summed E-state index contributed by atoms with van der Waals surface area (Å²) in [7, 11) is -3.11. The van der Waals surface area contributed by atoms with E-state index in [4.69, 9.17) is 12.2 Å². The Morgan fingerprint density at radius 1 is 1.36 bits per heavy atom. The molecular weight excluding hydrogens is 345 g/mol. The van der Waals surface area contributed by atoms with Crippen LogP contribution in [0.25, 0.3) is 6.08 Å². The fourth-order valence-electron chi connectivity index (χ4n) is 2.51. The first-order valence-electron chi connectivity index (χ1n) is 6.59. The number of sulfone groups is 1. The average molecular weight is 357 g/mol. The Morgan fingerprint density at radius 2 is 2.09 bits per heavy atom. The Balaban J connectivity index is 1.88. The number of hydrogen-bond acceptors (Lipinski definition) is 5. The Labute approximate surface area is 137 Å². The van der Waals surface area contributed by atoms with Gasteiger partial charge in [0.05, 0.1) is 22.5 Å². The molecule has 2 aliphatic heterocycles. The van der Waals surface area contributed by atoms with Gasteiger partial charge in [-0.2, -0.15) is 0 Å². The van der Waals surface area contributed by atoms with Gasteiger partial charge in [-0.1, -0.05) is 42.2 Å². The smallest absolute Gasteiger partial charge is 0.266 e. The van der Waals surface area contributed by atoms with Crippen molar-refractivity contribution in [3.63, 3.8) is 0 Å². The normalized spacial score (nSPS) is 26.1. The second-order valence-electron chi connectivity index (χ2n) is 5.13. The summed E-state index contributed by atoms with van der Waals surface area (Å²) in [5.41, 5.74) is 0.307. The molecule has 2 saturated heterocycles. The molecule has 3 rings (SSSR count). The molecule has 0 spiro atoms. The van der Waals surface area contributed by atoms with Gasteiger partial charge in [0.2, 0.25) is 0 Å². The van der Waals surface area contributed by atoms with Crippen molar-refractivity contribution in [2.24, 2.45) is 0 Å². The third-order valence-corrected chi connectivity index (χ3v) is 6.67. The van der Waals surface area contributed by atoms with Crippen molar-refractivity contribution in [1.82, 2.24) is 4.90 Å². The van der Waals surface area contributed by atoms with Crippen LogP contribution >= 0.6 is 24.0 Å². The second-order valence-corrected chi connectivity index (χ2v) is 9.03. The minimum absolute atomic E-state index is 0.0631. The quantitative estimate of drug-likeness (QED) is 0.600. The number of hydrogen-bond donors (Lipinski definition) is 0. The number of thiocarbonyl (C=S) groups is 1. The van der Waals surface area contributed by atoms with Crippen LogP contribution in [0.1, 0.15) is 12.0 Å². The summed E-state index contributed by atoms with van der Waals surface area (Å²) in [6.45, 7) is 0. The van der Waals surface area contributed by atoms with E-state index < -0.39 is 21.7 Å². The molecule has 0 unspecified atom stereocenters. The van der Waals surface area contributed by atoms with Gasteiger partial charge >= 0.3 is 0 Å². The van der Waals surface area contributed by atoms with Gasteiger partial charge < -0.3 is 0 Å². The molecule has 1 aromatic carbocycles. The highest BCUT2D eigenvalue weighted by molar-refractivity contribution is 8.26. The maximum Gasteiger partial charge on any atom is 0.266 e. The molecule has 0 saturated carbocycles. The molecule has 1 atom stereocenters. The van der Waals surface area contributed by atoms with Crippen molar-refractivity contribution in [3.05, 3.63) is 40.6 Å². The summed E-state index contributed by atoms with van der Waals surface area (Å²) >= 11 is 6.27. The van der Waals surface area contributed by atoms with Gasteiger partial charge in [-0.25, -0.2) is 12.8 Å². The number of rotatable bonds is 2. The van der Waals surface area contributed by atoms with Crippen LogP contribution in [0.15, 0.2) is 29.2 Å². The Hall–Kier alpha value is -1.25. The van der Waals surface area contributed by atoms with Gasteiger partial charge in [-0.05, 0) is 18.6 Å². The lowest BCUT2D eigenvalue weighted by Crippen LogP contribution is -2.39. The van der Waals surface area contributed by atoms with Crippen molar-refractivity contribution in [3.8, 4) is 0 Å². The molecular formula is C14H12FNO3S3. The van der Waals surface area contributed by atoms with Crippen LogP contribution in [0.4, 0.5) is 4.39 Å². The second kappa shape index (κ2) is 5.75. The largest absolute Gasteiger partial charge is 0.289 e. The predicted octanol–water partition coefficient (Wildman–Crippen LogP) is 2.21. The molecule has 0 aliphatic carbocycles. The molecule has 2 aliphatic rings. The molecule has 22 heavy (non-hydrogen) atoms. The molecule has 8 heteroatoms. The van der Waals surface area contributed by atoms with Gasteiger partial charge in [-0.15, -0.1) is 0 Å². The summed E-state index contributed by atoms with van der Waals surface area (Å²) in [6.07, 6.45) is 1.85. The lowest BCUT2D eigenvalue weighted by atomic mass is 10.2. The summed E-state index contributed by atoms with van der Waals surface area (Å²) in [5.74, 6) is -0.760. The SMILES string of the molecule is O=C1/C(=C\c2ccccc2F)SC(=S)N1[C@H]1CCS(=O)(=O)C1. The number of nitrogens with zero attached hydrogens (tertiary/aromatic N) is 1. The van der Waals surface area contributed by atoms with Crippen LogP contribution in [0.3, 0.4) is 0 Å². The molecule has 0 radical (unpaired) electrons. The van der Waals surface area contributed by atoms with Gasteiger partial charge in [0, 0.05) is 5.56 Å². The van der Waals surface area contributed by atoms with Crippen molar-refractivity contribution in [1.29, 1.82) is 0 Å². The fourth-order valence-corrected chi connectivity index (χ4v) is 5.60. The van der Waals surface area contributed by atoms with Crippen molar-refractivity contribution >= 4 is 50.1 Å². The lowest BCUT2D eigenvalue weighted by Gasteiger charge is -2.20. The van der Waals surface area contributed by atoms with Gasteiger partial charge in [0.1, 0.15) is 10.1 Å². The maximum atomic E-state index is 13.7. The van der Waals surface area contributed by atoms with Crippen molar-refractivity contribution in [2.75, 3.05) is 11.5 Å². The van der Waals surface area contributed by atoms with E-state index in [0.717, 1.165) is 11.8 Å². The first-order valence-corrected chi connectivity index (χ1v) is 9.64. The van der Waals surface area contributed by atoms with E-state index in [1.54, 1.807) is 18.2 Å². The van der Waals surface area contributed by atoms with Crippen LogP contribution in [0.5, 0.6) is 0 Å². The zero-order valence-corrected chi connectivity index (χ0v) is 13.8. The van der Waals surface area contributed by atoms with E-state index in [-0.39, 0.29) is 17.4 Å². The Bertz CT molecular complexity index is 788. The maximum absolute atomic E-state index is 13.7. The van der Waals surface area contributed by atoms with Crippen LogP contribution in [0.2, 0.25) is 0 Å². The van der Waals surface area contributed by atoms with E-state index in [2.05, 4.69) is 0 Å². The molecule has 2 heterocycles. The van der Waals surface area contributed by atoms with E-state index in [9.17, 15) is 17.6 Å². The summed E-state index contributed by atoms with van der Waals surface area (Å²) < 4.78 is 37.2. The topological polar surface area (TPSA) is 54.5 Å². The van der Waals surface area contributed by atoms with Crippen LogP contribution in [-0.4, -0.2) is 41.1 Å². The highest BCUT2D eigenvalue weighted by Gasteiger charge is 2.42. The lowest BCUT2D eigenvalue weighted by molar-refractivity contribution is -0.123. The molecule has 2 fully saturated rings. The molecule has 0 bridgehead atoms. The average Bonchev–Trinajstić information content (AvgIpc) is 2.92. The molecule has 4 nitrogen and oxygen atoms in total. The summed E-state index contributed by atoms with van der Waals surface area (Å²) in [6, 6.07) is 5.72. The van der Waals surface area contributed by atoms with Gasteiger partial charge in [-0.3, -0.25) is 9.69 Å². The minimum Gasteiger partial charge on any atom is -0.289 e. The number of carbonyl (C=O) groups excluding carboxylic acids is 1. The van der Waals surface area contributed by atoms with E-state index >= 15 is 0 Å². The molecule has 0 N–H and O–H groups in total. The third kappa shape index (κ3) is 2.95. The first kappa shape index (κ1) is 15.6. The molecule has 1 aromatic rings. The van der Waals surface area contributed by atoms with Crippen molar-refractivity contribution in [2.45, 2.75) is 12.5 Å². The van der Waals surface area contributed by atoms with E-state index in [1.165, 1.54) is 17.0 Å². The van der Waals surface area contributed by atoms with Crippen LogP contribution < -0.4 is 0 Å². The predicted molar refractivity (Wildman–Crippen MR) is 88.5 cm³/mol. The molecule has 1 amide bonds. The Morgan fingerprint density at radius 3 is 2.73 bits per heavy atom. The summed E-state index contributed by atoms with van der Waals surface area (Å²) in [5, 5.41) is 0. The van der Waals surface area contributed by atoms with Crippen LogP contribution in [-0.2, 0) is 14.6 Å². The number of halogens is 1. The van der Waals surface area contributed by atoms with Crippen LogP contribution in [0, 0.1) is 5.82 Å². The zero-order valence-electron chi connectivity index (χ0n) is 11.4. The Kier molecular flexibility index (Phi) is 4.09. The summed E-state index contributed by atoms with van der Waals surface area (Å²) in [4.78, 5) is 14.1. The highest BCUT2D eigenvalue weighted by Crippen LogP contribution is 2.36. The minimum atomic E-state index is -3.11. The number of thioether (sulfide) groups is 1. The fraction of sp³-hybridized carbons (Fsp3) is 0.286. The molecule has 116 valence electrons. The standard InChI is InChI=1S/C14H12FNO3S3/c15-11-4-2-1-3-9(11)7-12-13(17)16(14(20)21-12)10-5-6-22(18,19)8-10/h1-4,7,10H,5-6,8H2/b12-7+/t10-/m0/s1. The van der Waals surface area contributed by atoms with Crippen molar-refractivity contribution < 1.29 is 17.6 Å². The first-order chi connectivity index (χ1) is 10.4. The van der Waals surface area contributed by atoms with E-state index in [1.807, 2.05) is 0 Å². The molecule has 0 aromatic heterocycles. The van der Waals surface area contributed by atoms with Gasteiger partial charge in [0.15, 0.2) is 9.84 Å². The zero-order chi connectivity index (χ0) is 15.9. The van der Waals surface area contributed by atoms with Gasteiger partial charge in [0.25, 0.3) is 5.91 Å².